The van der Waals surface area contributed by atoms with E-state index in [4.69, 9.17) is 5.26 Å². The van der Waals surface area contributed by atoms with Gasteiger partial charge in [0.25, 0.3) is 0 Å². The van der Waals surface area contributed by atoms with Crippen molar-refractivity contribution in [2.75, 3.05) is 5.75 Å². The van der Waals surface area contributed by atoms with E-state index in [2.05, 4.69) is 21.3 Å². The number of thioether (sulfide) groups is 1. The van der Waals surface area contributed by atoms with Crippen LogP contribution in [0.3, 0.4) is 0 Å². The molecule has 1 aliphatic rings. The van der Waals surface area contributed by atoms with E-state index in [1.54, 1.807) is 11.8 Å². The average Bonchev–Trinajstić information content (AvgIpc) is 2.81. The molecule has 1 fully saturated rings. The summed E-state index contributed by atoms with van der Waals surface area (Å²) >= 11 is 1.56. The Morgan fingerprint density at radius 3 is 2.92 bits per heavy atom. The predicted octanol–water partition coefficient (Wildman–Crippen LogP) is 1.51. The molecule has 5 heteroatoms. The summed E-state index contributed by atoms with van der Waals surface area (Å²) in [5, 5.41) is 16.4. The predicted molar refractivity (Wildman–Crippen MR) is 49.1 cm³/mol. The number of aromatic amines is 1. The first-order chi connectivity index (χ1) is 6.24. The van der Waals surface area contributed by atoms with Gasteiger partial charge in [0, 0.05) is 5.75 Å². The second-order valence-corrected chi connectivity index (χ2v) is 4.33. The number of rotatable bonds is 3. The molecule has 1 saturated carbocycles. The number of H-pyrrole nitrogens is 1. The first kappa shape index (κ1) is 8.57. The van der Waals surface area contributed by atoms with Crippen LogP contribution in [0.2, 0.25) is 0 Å². The van der Waals surface area contributed by atoms with Crippen molar-refractivity contribution in [2.45, 2.75) is 24.9 Å². The highest BCUT2D eigenvalue weighted by atomic mass is 32.2. The van der Waals surface area contributed by atoms with Crippen molar-refractivity contribution >= 4 is 11.8 Å². The minimum Gasteiger partial charge on any atom is -0.262 e. The van der Waals surface area contributed by atoms with Gasteiger partial charge in [-0.2, -0.15) is 5.26 Å². The fourth-order valence-electron chi connectivity index (χ4n) is 1.03. The van der Waals surface area contributed by atoms with Gasteiger partial charge < -0.3 is 0 Å². The third kappa shape index (κ3) is 1.83. The van der Waals surface area contributed by atoms with Crippen LogP contribution in [0.5, 0.6) is 0 Å². The summed E-state index contributed by atoms with van der Waals surface area (Å²) in [5.74, 6) is 1.64. The number of nitriles is 1. The quantitative estimate of drug-likeness (QED) is 0.741. The highest BCUT2D eigenvalue weighted by Gasteiger charge is 2.43. The molecule has 1 aromatic rings. The fourth-order valence-corrected chi connectivity index (χ4v) is 2.10. The molecule has 1 aliphatic carbocycles. The molecule has 1 heterocycles. The lowest BCUT2D eigenvalue weighted by atomic mass is 10.2. The molecule has 0 unspecified atom stereocenters. The van der Waals surface area contributed by atoms with E-state index in [9.17, 15) is 0 Å². The molecule has 0 spiro atoms. The normalized spacial score (nSPS) is 18.2. The smallest absolute Gasteiger partial charge is 0.208 e. The minimum absolute atomic E-state index is 0.0702. The Morgan fingerprint density at radius 1 is 1.69 bits per heavy atom. The van der Waals surface area contributed by atoms with Crippen molar-refractivity contribution in [2.24, 2.45) is 5.41 Å². The molecule has 0 bridgehead atoms. The first-order valence-electron chi connectivity index (χ1n) is 4.17. The van der Waals surface area contributed by atoms with Crippen molar-refractivity contribution in [3.8, 4) is 6.07 Å². The van der Waals surface area contributed by atoms with Crippen LogP contribution in [0, 0.1) is 23.7 Å². The van der Waals surface area contributed by atoms with Crippen molar-refractivity contribution in [3.05, 3.63) is 5.82 Å². The summed E-state index contributed by atoms with van der Waals surface area (Å²) in [4.78, 5) is 4.16. The van der Waals surface area contributed by atoms with Gasteiger partial charge in [0.05, 0.1) is 11.5 Å². The fraction of sp³-hybridized carbons (Fsp3) is 0.625. The van der Waals surface area contributed by atoms with Crippen LogP contribution in [0.25, 0.3) is 0 Å². The lowest BCUT2D eigenvalue weighted by Crippen LogP contribution is -1.99. The molecule has 0 saturated heterocycles. The molecule has 13 heavy (non-hydrogen) atoms. The van der Waals surface area contributed by atoms with Gasteiger partial charge in [-0.15, -0.1) is 5.10 Å². The molecule has 0 atom stereocenters. The average molecular weight is 194 g/mol. The van der Waals surface area contributed by atoms with Gasteiger partial charge in [0.15, 0.2) is 0 Å². The van der Waals surface area contributed by atoms with Crippen molar-refractivity contribution in [1.82, 2.24) is 15.2 Å². The van der Waals surface area contributed by atoms with E-state index in [1.165, 1.54) is 0 Å². The van der Waals surface area contributed by atoms with Gasteiger partial charge in [0.1, 0.15) is 5.82 Å². The van der Waals surface area contributed by atoms with Crippen LogP contribution in [0.15, 0.2) is 5.16 Å². The third-order valence-corrected chi connectivity index (χ3v) is 3.28. The summed E-state index contributed by atoms with van der Waals surface area (Å²) in [5.41, 5.74) is -0.0702. The molecule has 0 aromatic carbocycles. The number of hydrogen-bond acceptors (Lipinski definition) is 4. The van der Waals surface area contributed by atoms with Crippen LogP contribution in [-0.4, -0.2) is 20.9 Å². The molecule has 0 amide bonds. The summed E-state index contributed by atoms with van der Waals surface area (Å²) < 4.78 is 0. The molecule has 0 aliphatic heterocycles. The highest BCUT2D eigenvalue weighted by Crippen LogP contribution is 2.47. The second kappa shape index (κ2) is 3.04. The first-order valence-corrected chi connectivity index (χ1v) is 5.16. The van der Waals surface area contributed by atoms with E-state index in [1.807, 2.05) is 6.92 Å². The maximum Gasteiger partial charge on any atom is 0.208 e. The minimum atomic E-state index is -0.0702. The molecule has 68 valence electrons. The largest absolute Gasteiger partial charge is 0.262 e. The van der Waals surface area contributed by atoms with Crippen molar-refractivity contribution in [3.63, 3.8) is 0 Å². The van der Waals surface area contributed by atoms with Crippen LogP contribution < -0.4 is 0 Å². The van der Waals surface area contributed by atoms with Crippen molar-refractivity contribution < 1.29 is 0 Å². The maximum atomic E-state index is 8.83. The van der Waals surface area contributed by atoms with Crippen LogP contribution >= 0.6 is 11.8 Å². The number of aryl methyl sites for hydroxylation is 1. The Balaban J connectivity index is 1.90. The zero-order valence-electron chi connectivity index (χ0n) is 7.37. The van der Waals surface area contributed by atoms with Crippen LogP contribution in [0.4, 0.5) is 0 Å². The Hall–Kier alpha value is -1.02. The Bertz CT molecular complexity index is 347. The van der Waals surface area contributed by atoms with E-state index in [0.717, 1.165) is 29.6 Å². The van der Waals surface area contributed by atoms with Gasteiger partial charge >= 0.3 is 0 Å². The molecular formula is C8H10N4S. The van der Waals surface area contributed by atoms with Gasteiger partial charge in [-0.3, -0.25) is 5.10 Å². The van der Waals surface area contributed by atoms with E-state index in [-0.39, 0.29) is 5.41 Å². The standard InChI is InChI=1S/C8H10N4S/c1-6-10-7(12-11-6)13-5-8(4-9)2-3-8/h2-3,5H2,1H3,(H,10,11,12). The highest BCUT2D eigenvalue weighted by molar-refractivity contribution is 7.99. The van der Waals surface area contributed by atoms with Gasteiger partial charge in [-0.05, 0) is 19.8 Å². The van der Waals surface area contributed by atoms with Gasteiger partial charge in [0.2, 0.25) is 5.16 Å². The van der Waals surface area contributed by atoms with E-state index < -0.39 is 0 Å². The lowest BCUT2D eigenvalue weighted by Gasteiger charge is -2.00. The Kier molecular flexibility index (Phi) is 2.00. The van der Waals surface area contributed by atoms with E-state index >= 15 is 0 Å². The Labute approximate surface area is 80.7 Å². The maximum absolute atomic E-state index is 8.83. The number of hydrogen-bond donors (Lipinski definition) is 1. The molecular weight excluding hydrogens is 184 g/mol. The monoisotopic (exact) mass is 194 g/mol. The van der Waals surface area contributed by atoms with Crippen molar-refractivity contribution in [1.29, 1.82) is 5.26 Å². The van der Waals surface area contributed by atoms with E-state index in [0.29, 0.717) is 0 Å². The zero-order chi connectivity index (χ0) is 9.31. The summed E-state index contributed by atoms with van der Waals surface area (Å²) in [7, 11) is 0. The zero-order valence-corrected chi connectivity index (χ0v) is 8.19. The second-order valence-electron chi connectivity index (χ2n) is 3.38. The number of aromatic nitrogens is 3. The van der Waals surface area contributed by atoms with Crippen LogP contribution in [-0.2, 0) is 0 Å². The number of nitrogens with one attached hydrogen (secondary N) is 1. The summed E-state index contributed by atoms with van der Waals surface area (Å²) in [6, 6.07) is 2.34. The molecule has 4 nitrogen and oxygen atoms in total. The summed E-state index contributed by atoms with van der Waals surface area (Å²) in [6.45, 7) is 1.87. The molecule has 2 rings (SSSR count). The lowest BCUT2D eigenvalue weighted by molar-refractivity contribution is 0.779. The molecule has 0 radical (unpaired) electrons. The Morgan fingerprint density at radius 2 is 2.46 bits per heavy atom. The topological polar surface area (TPSA) is 65.4 Å². The van der Waals surface area contributed by atoms with Gasteiger partial charge in [-0.25, -0.2) is 4.98 Å². The number of nitrogens with zero attached hydrogens (tertiary/aromatic N) is 3. The third-order valence-electron chi connectivity index (χ3n) is 2.14. The molecule has 1 N–H and O–H groups in total. The molecule has 1 aromatic heterocycles. The van der Waals surface area contributed by atoms with Gasteiger partial charge in [-0.1, -0.05) is 11.8 Å². The summed E-state index contributed by atoms with van der Waals surface area (Å²) in [6.07, 6.45) is 2.06. The van der Waals surface area contributed by atoms with Crippen LogP contribution in [0.1, 0.15) is 18.7 Å². The SMILES string of the molecule is Cc1nc(SCC2(C#N)CC2)n[nH]1.